The van der Waals surface area contributed by atoms with Crippen molar-refractivity contribution in [2.75, 3.05) is 36.5 Å². The number of hydrogen-bond donors (Lipinski definition) is 1. The van der Waals surface area contributed by atoms with Gasteiger partial charge in [0.1, 0.15) is 5.82 Å². The smallest absolute Gasteiger partial charge is 0.228 e. The van der Waals surface area contributed by atoms with Crippen LogP contribution in [0.15, 0.2) is 48.8 Å². The first kappa shape index (κ1) is 16.5. The van der Waals surface area contributed by atoms with Crippen molar-refractivity contribution in [3.63, 3.8) is 0 Å². The third kappa shape index (κ3) is 3.39. The fraction of sp³-hybridized carbons (Fsp3) is 0.263. The Kier molecular flexibility index (Phi) is 4.53. The van der Waals surface area contributed by atoms with Crippen LogP contribution >= 0.6 is 0 Å². The molecule has 1 N–H and O–H groups in total. The fourth-order valence-corrected chi connectivity index (χ4v) is 3.17. The summed E-state index contributed by atoms with van der Waals surface area (Å²) in [5.41, 5.74) is 3.03. The summed E-state index contributed by atoms with van der Waals surface area (Å²) in [5, 5.41) is 7.16. The summed E-state index contributed by atoms with van der Waals surface area (Å²) in [6.45, 7) is 2.51. The maximum Gasteiger partial charge on any atom is 0.228 e. The lowest BCUT2D eigenvalue weighted by molar-refractivity contribution is -0.115. The van der Waals surface area contributed by atoms with Crippen LogP contribution in [0.4, 0.5) is 15.8 Å². The van der Waals surface area contributed by atoms with Crippen LogP contribution in [0.5, 0.6) is 0 Å². The minimum Gasteiger partial charge on any atom is -0.378 e. The standard InChI is InChI=1S/C19H19FN4O2/c20-15-4-5-16(18(12-15)23-7-9-26-10-8-23)22-19(25)11-14-13-21-24-6-2-1-3-17(14)24/h1-6,12-13H,7-11H2,(H,22,25). The molecule has 0 bridgehead atoms. The Hall–Kier alpha value is -2.93. The molecular formula is C19H19FN4O2. The molecule has 1 aliphatic heterocycles. The highest BCUT2D eigenvalue weighted by Gasteiger charge is 2.17. The zero-order valence-corrected chi connectivity index (χ0v) is 14.2. The second-order valence-corrected chi connectivity index (χ2v) is 6.19. The van der Waals surface area contributed by atoms with Crippen LogP contribution < -0.4 is 10.2 Å². The van der Waals surface area contributed by atoms with Gasteiger partial charge in [-0.25, -0.2) is 8.91 Å². The second kappa shape index (κ2) is 7.13. The molecule has 1 fully saturated rings. The molecule has 0 spiro atoms. The van der Waals surface area contributed by atoms with Gasteiger partial charge in [0, 0.05) is 24.8 Å². The van der Waals surface area contributed by atoms with Gasteiger partial charge >= 0.3 is 0 Å². The number of halogens is 1. The number of nitrogens with zero attached hydrogens (tertiary/aromatic N) is 3. The first-order valence-electron chi connectivity index (χ1n) is 8.54. The van der Waals surface area contributed by atoms with Crippen molar-refractivity contribution in [3.05, 3.63) is 60.2 Å². The van der Waals surface area contributed by atoms with Crippen LogP contribution in [0.1, 0.15) is 5.56 Å². The molecule has 6 nitrogen and oxygen atoms in total. The molecule has 1 saturated heterocycles. The molecule has 1 aliphatic rings. The van der Waals surface area contributed by atoms with Gasteiger partial charge in [-0.15, -0.1) is 0 Å². The lowest BCUT2D eigenvalue weighted by Gasteiger charge is -2.30. The number of benzene rings is 1. The maximum atomic E-state index is 13.7. The van der Waals surface area contributed by atoms with E-state index < -0.39 is 0 Å². The van der Waals surface area contributed by atoms with Gasteiger partial charge in [-0.05, 0) is 30.3 Å². The zero-order valence-electron chi connectivity index (χ0n) is 14.2. The van der Waals surface area contributed by atoms with Crippen molar-refractivity contribution in [1.29, 1.82) is 0 Å². The fourth-order valence-electron chi connectivity index (χ4n) is 3.17. The third-order valence-corrected chi connectivity index (χ3v) is 4.44. The number of ether oxygens (including phenoxy) is 1. The predicted octanol–water partition coefficient (Wildman–Crippen LogP) is 2.49. The number of rotatable bonds is 4. The van der Waals surface area contributed by atoms with Crippen molar-refractivity contribution in [1.82, 2.24) is 9.61 Å². The minimum absolute atomic E-state index is 0.162. The number of carbonyl (C=O) groups is 1. The van der Waals surface area contributed by atoms with Crippen molar-refractivity contribution >= 4 is 22.8 Å². The van der Waals surface area contributed by atoms with E-state index in [1.54, 1.807) is 16.8 Å². The monoisotopic (exact) mass is 354 g/mol. The van der Waals surface area contributed by atoms with Gasteiger partial charge in [0.25, 0.3) is 0 Å². The quantitative estimate of drug-likeness (QED) is 0.782. The average molecular weight is 354 g/mol. The molecule has 1 aromatic carbocycles. The summed E-state index contributed by atoms with van der Waals surface area (Å²) in [4.78, 5) is 14.6. The van der Waals surface area contributed by atoms with E-state index in [-0.39, 0.29) is 18.1 Å². The number of carbonyl (C=O) groups excluding carboxylic acids is 1. The van der Waals surface area contributed by atoms with E-state index in [2.05, 4.69) is 10.4 Å². The van der Waals surface area contributed by atoms with Gasteiger partial charge in [0.05, 0.1) is 42.7 Å². The third-order valence-electron chi connectivity index (χ3n) is 4.44. The van der Waals surface area contributed by atoms with Crippen molar-refractivity contribution in [2.24, 2.45) is 0 Å². The topological polar surface area (TPSA) is 58.9 Å². The first-order valence-corrected chi connectivity index (χ1v) is 8.54. The lowest BCUT2D eigenvalue weighted by Crippen LogP contribution is -2.37. The highest BCUT2D eigenvalue weighted by molar-refractivity contribution is 5.96. The predicted molar refractivity (Wildman–Crippen MR) is 97.0 cm³/mol. The highest BCUT2D eigenvalue weighted by Crippen LogP contribution is 2.28. The normalized spacial score (nSPS) is 14.6. The SMILES string of the molecule is O=C(Cc1cnn2ccccc12)Nc1ccc(F)cc1N1CCOCC1. The molecule has 0 unspecified atom stereocenters. The van der Waals surface area contributed by atoms with E-state index in [0.717, 1.165) is 11.1 Å². The van der Waals surface area contributed by atoms with Crippen LogP contribution in [0.25, 0.3) is 5.52 Å². The van der Waals surface area contributed by atoms with Gasteiger partial charge in [0.2, 0.25) is 5.91 Å². The molecule has 0 radical (unpaired) electrons. The van der Waals surface area contributed by atoms with E-state index in [1.165, 1.54) is 12.1 Å². The number of hydrogen-bond acceptors (Lipinski definition) is 4. The van der Waals surface area contributed by atoms with E-state index in [9.17, 15) is 9.18 Å². The second-order valence-electron chi connectivity index (χ2n) is 6.19. The molecule has 0 aliphatic carbocycles. The summed E-state index contributed by atoms with van der Waals surface area (Å²) >= 11 is 0. The van der Waals surface area contributed by atoms with Gasteiger partial charge < -0.3 is 15.0 Å². The molecule has 0 saturated carbocycles. The van der Waals surface area contributed by atoms with Crippen LogP contribution in [0.3, 0.4) is 0 Å². The van der Waals surface area contributed by atoms with Gasteiger partial charge in [-0.2, -0.15) is 5.10 Å². The van der Waals surface area contributed by atoms with E-state index in [0.29, 0.717) is 37.7 Å². The summed E-state index contributed by atoms with van der Waals surface area (Å²) in [5.74, 6) is -0.489. The molecule has 134 valence electrons. The summed E-state index contributed by atoms with van der Waals surface area (Å²) < 4.78 is 20.8. The Morgan fingerprint density at radius 1 is 1.23 bits per heavy atom. The molecule has 7 heteroatoms. The van der Waals surface area contributed by atoms with E-state index >= 15 is 0 Å². The van der Waals surface area contributed by atoms with Crippen molar-refractivity contribution < 1.29 is 13.9 Å². The number of anilines is 2. The molecular weight excluding hydrogens is 335 g/mol. The van der Waals surface area contributed by atoms with E-state index in [1.807, 2.05) is 29.3 Å². The van der Waals surface area contributed by atoms with Crippen LogP contribution in [-0.2, 0) is 16.0 Å². The molecule has 0 atom stereocenters. The molecule has 1 amide bonds. The Labute approximate surface area is 150 Å². The number of fused-ring (bicyclic) bond motifs is 1. The molecule has 3 aromatic rings. The van der Waals surface area contributed by atoms with Crippen LogP contribution in [0, 0.1) is 5.82 Å². The number of morpholine rings is 1. The van der Waals surface area contributed by atoms with Crippen LogP contribution in [-0.4, -0.2) is 41.8 Å². The van der Waals surface area contributed by atoms with Crippen molar-refractivity contribution in [3.8, 4) is 0 Å². The molecule has 4 rings (SSSR count). The Bertz CT molecular complexity index is 934. The van der Waals surface area contributed by atoms with Gasteiger partial charge in [0.15, 0.2) is 0 Å². The number of pyridine rings is 1. The molecule has 26 heavy (non-hydrogen) atoms. The van der Waals surface area contributed by atoms with E-state index in [4.69, 9.17) is 4.74 Å². The Morgan fingerprint density at radius 3 is 2.92 bits per heavy atom. The first-order chi connectivity index (χ1) is 12.7. The minimum atomic E-state index is -0.327. The molecule has 2 aromatic heterocycles. The summed E-state index contributed by atoms with van der Waals surface area (Å²) in [7, 11) is 0. The largest absolute Gasteiger partial charge is 0.378 e. The summed E-state index contributed by atoms with van der Waals surface area (Å²) in [6.07, 6.45) is 3.74. The van der Waals surface area contributed by atoms with Crippen molar-refractivity contribution in [2.45, 2.75) is 6.42 Å². The number of amides is 1. The maximum absolute atomic E-state index is 13.7. The lowest BCUT2D eigenvalue weighted by atomic mass is 10.1. The number of nitrogens with one attached hydrogen (secondary N) is 1. The van der Waals surface area contributed by atoms with Gasteiger partial charge in [-0.1, -0.05) is 6.07 Å². The molecule has 3 heterocycles. The van der Waals surface area contributed by atoms with Gasteiger partial charge in [-0.3, -0.25) is 4.79 Å². The Morgan fingerprint density at radius 2 is 2.08 bits per heavy atom. The number of aromatic nitrogens is 2. The Balaban J connectivity index is 1.54. The summed E-state index contributed by atoms with van der Waals surface area (Å²) in [6, 6.07) is 10.1. The highest BCUT2D eigenvalue weighted by atomic mass is 19.1. The average Bonchev–Trinajstić information content (AvgIpc) is 3.07. The van der Waals surface area contributed by atoms with Crippen LogP contribution in [0.2, 0.25) is 0 Å². The zero-order chi connectivity index (χ0) is 17.9.